The Morgan fingerprint density at radius 2 is 1.16 bits per heavy atom. The lowest BCUT2D eigenvalue weighted by Crippen LogP contribution is -2.06. The van der Waals surface area contributed by atoms with Crippen LogP contribution in [0.15, 0.2) is 151 Å². The zero-order valence-electron chi connectivity index (χ0n) is 23.3. The van der Waals surface area contributed by atoms with E-state index >= 15 is 0 Å². The van der Waals surface area contributed by atoms with Crippen LogP contribution in [0.1, 0.15) is 11.5 Å². The van der Waals surface area contributed by atoms with Crippen LogP contribution in [0.2, 0.25) is 0 Å². The van der Waals surface area contributed by atoms with Crippen LogP contribution in [0.25, 0.3) is 66.1 Å². The zero-order valence-corrected chi connectivity index (χ0v) is 24.1. The first-order valence-corrected chi connectivity index (χ1v) is 15.6. The monoisotopic (exact) mass is 566 g/mol. The summed E-state index contributed by atoms with van der Waals surface area (Å²) in [4.78, 5) is 11.6. The van der Waals surface area contributed by atoms with Crippen molar-refractivity contribution in [3.63, 3.8) is 0 Å². The summed E-state index contributed by atoms with van der Waals surface area (Å²) in [5, 5.41) is 5.17. The molecule has 9 rings (SSSR count). The summed E-state index contributed by atoms with van der Waals surface area (Å²) in [6, 6.07) is 41.4. The Labute approximate surface area is 254 Å². The average molecular weight is 567 g/mol. The Kier molecular flexibility index (Phi) is 5.60. The SMILES string of the molecule is C1=CC2c3cccc(-c4cccc(-c5cccc(-c6cnc7c8ccccc8c8ccccc8c7n6)c5)c4)c3S[C@H]2C=C1. The largest absolute Gasteiger partial charge is 0.252 e. The van der Waals surface area contributed by atoms with Crippen molar-refractivity contribution in [3.05, 3.63) is 151 Å². The van der Waals surface area contributed by atoms with Gasteiger partial charge in [-0.15, -0.1) is 11.8 Å². The minimum absolute atomic E-state index is 0.461. The Morgan fingerprint density at radius 1 is 0.535 bits per heavy atom. The summed E-state index contributed by atoms with van der Waals surface area (Å²) in [5.74, 6) is 0.461. The van der Waals surface area contributed by atoms with Crippen LogP contribution in [-0.4, -0.2) is 15.2 Å². The van der Waals surface area contributed by atoms with Crippen molar-refractivity contribution in [1.82, 2.24) is 9.97 Å². The summed E-state index contributed by atoms with van der Waals surface area (Å²) in [6.45, 7) is 0. The molecular formula is C40H26N2S. The number of fused-ring (bicyclic) bond motifs is 9. The van der Waals surface area contributed by atoms with Crippen molar-refractivity contribution in [2.75, 3.05) is 0 Å². The first-order valence-electron chi connectivity index (χ1n) is 14.7. The molecule has 0 saturated heterocycles. The Balaban J connectivity index is 1.13. The number of benzene rings is 6. The van der Waals surface area contributed by atoms with E-state index < -0.39 is 0 Å². The van der Waals surface area contributed by atoms with Crippen LogP contribution in [0, 0.1) is 0 Å². The van der Waals surface area contributed by atoms with Gasteiger partial charge >= 0.3 is 0 Å². The molecule has 0 bridgehead atoms. The quantitative estimate of drug-likeness (QED) is 0.199. The molecule has 0 fully saturated rings. The predicted molar refractivity (Wildman–Crippen MR) is 182 cm³/mol. The highest BCUT2D eigenvalue weighted by atomic mass is 32.2. The molecule has 1 unspecified atom stereocenters. The molecule has 1 aliphatic carbocycles. The van der Waals surface area contributed by atoms with Gasteiger partial charge in [-0.25, -0.2) is 4.98 Å². The van der Waals surface area contributed by atoms with Gasteiger partial charge in [0.25, 0.3) is 0 Å². The molecule has 1 aromatic heterocycles. The number of aromatic nitrogens is 2. The summed E-state index contributed by atoms with van der Waals surface area (Å²) in [5.41, 5.74) is 10.2. The van der Waals surface area contributed by atoms with Gasteiger partial charge in [0.05, 0.1) is 22.9 Å². The fraction of sp³-hybridized carbons (Fsp3) is 0.0500. The van der Waals surface area contributed by atoms with Crippen LogP contribution in [0.3, 0.4) is 0 Å². The Hall–Kier alpha value is -4.99. The molecule has 0 amide bonds. The van der Waals surface area contributed by atoms with Crippen LogP contribution < -0.4 is 0 Å². The molecule has 3 heteroatoms. The maximum absolute atomic E-state index is 5.22. The number of rotatable bonds is 3. The minimum Gasteiger partial charge on any atom is -0.252 e. The van der Waals surface area contributed by atoms with Crippen molar-refractivity contribution in [2.24, 2.45) is 0 Å². The van der Waals surface area contributed by atoms with Gasteiger partial charge in [-0.05, 0) is 50.7 Å². The lowest BCUT2D eigenvalue weighted by atomic mass is 9.90. The highest BCUT2D eigenvalue weighted by Crippen LogP contribution is 2.51. The third-order valence-corrected chi connectivity index (χ3v) is 10.2. The first kappa shape index (κ1) is 24.6. The third kappa shape index (κ3) is 3.96. The van der Waals surface area contributed by atoms with Gasteiger partial charge in [0.2, 0.25) is 0 Å². The summed E-state index contributed by atoms with van der Waals surface area (Å²) in [6.07, 6.45) is 11.0. The van der Waals surface area contributed by atoms with Crippen molar-refractivity contribution >= 4 is 44.3 Å². The number of hydrogen-bond donors (Lipinski definition) is 0. The normalized spacial score (nSPS) is 17.0. The first-order chi connectivity index (χ1) is 21.3. The van der Waals surface area contributed by atoms with E-state index in [4.69, 9.17) is 9.97 Å². The van der Waals surface area contributed by atoms with Crippen LogP contribution in [0.5, 0.6) is 0 Å². The molecule has 0 saturated carbocycles. The molecule has 43 heavy (non-hydrogen) atoms. The van der Waals surface area contributed by atoms with Crippen LogP contribution >= 0.6 is 11.8 Å². The highest BCUT2D eigenvalue weighted by molar-refractivity contribution is 8.00. The smallest absolute Gasteiger partial charge is 0.0979 e. The van der Waals surface area contributed by atoms with Crippen molar-refractivity contribution in [1.29, 1.82) is 0 Å². The van der Waals surface area contributed by atoms with E-state index in [1.54, 1.807) is 0 Å². The van der Waals surface area contributed by atoms with E-state index in [2.05, 4.69) is 140 Å². The van der Waals surface area contributed by atoms with Crippen molar-refractivity contribution in [2.45, 2.75) is 16.1 Å². The molecule has 0 N–H and O–H groups in total. The van der Waals surface area contributed by atoms with E-state index in [-0.39, 0.29) is 0 Å². The lowest BCUT2D eigenvalue weighted by Gasteiger charge is -2.14. The molecule has 2 atom stereocenters. The van der Waals surface area contributed by atoms with Gasteiger partial charge in [-0.2, -0.15) is 0 Å². The summed E-state index contributed by atoms with van der Waals surface area (Å²) < 4.78 is 0. The molecule has 7 aromatic rings. The number of thioether (sulfide) groups is 1. The molecule has 6 aromatic carbocycles. The minimum atomic E-state index is 0.461. The second kappa shape index (κ2) is 9.79. The number of hydrogen-bond acceptors (Lipinski definition) is 3. The number of nitrogens with zero attached hydrogens (tertiary/aromatic N) is 2. The van der Waals surface area contributed by atoms with Gasteiger partial charge in [0.1, 0.15) is 0 Å². The third-order valence-electron chi connectivity index (χ3n) is 8.84. The van der Waals surface area contributed by atoms with Gasteiger partial charge < -0.3 is 0 Å². The standard InChI is InChI=1S/C40H26N2S/c1-3-17-33-30(14-1)31-15-2-4-18-34(31)39-38(33)41-24-36(42-39)28-13-8-11-26(23-28)25-10-7-12-27(22-25)29-19-9-20-35-32-16-5-6-21-37(32)43-40(29)35/h1-24,32,37H/t32?,37-/m0/s1. The summed E-state index contributed by atoms with van der Waals surface area (Å²) in [7, 11) is 0. The maximum Gasteiger partial charge on any atom is 0.0979 e. The summed E-state index contributed by atoms with van der Waals surface area (Å²) >= 11 is 1.99. The fourth-order valence-electron chi connectivity index (χ4n) is 6.78. The highest BCUT2D eigenvalue weighted by Gasteiger charge is 2.32. The molecule has 0 spiro atoms. The van der Waals surface area contributed by atoms with Gasteiger partial charge in [0.15, 0.2) is 0 Å². The fourth-order valence-corrected chi connectivity index (χ4v) is 8.26. The van der Waals surface area contributed by atoms with Gasteiger partial charge in [0, 0.05) is 32.4 Å². The second-order valence-electron chi connectivity index (χ2n) is 11.3. The Bertz CT molecular complexity index is 2260. The van der Waals surface area contributed by atoms with Crippen molar-refractivity contribution < 1.29 is 0 Å². The van der Waals surface area contributed by atoms with Crippen molar-refractivity contribution in [3.8, 4) is 33.5 Å². The maximum atomic E-state index is 5.22. The zero-order chi connectivity index (χ0) is 28.3. The van der Waals surface area contributed by atoms with E-state index in [1.807, 2.05) is 18.0 Å². The Morgan fingerprint density at radius 3 is 1.95 bits per heavy atom. The molecule has 2 nitrogen and oxygen atoms in total. The molecular weight excluding hydrogens is 541 g/mol. The molecule has 202 valence electrons. The second-order valence-corrected chi connectivity index (χ2v) is 12.5. The molecule has 1 aliphatic heterocycles. The van der Waals surface area contributed by atoms with Gasteiger partial charge in [-0.3, -0.25) is 4.98 Å². The topological polar surface area (TPSA) is 25.8 Å². The predicted octanol–water partition coefficient (Wildman–Crippen LogP) is 10.6. The molecule has 0 radical (unpaired) electrons. The average Bonchev–Trinajstić information content (AvgIpc) is 3.47. The van der Waals surface area contributed by atoms with E-state index in [9.17, 15) is 0 Å². The van der Waals surface area contributed by atoms with E-state index in [1.165, 1.54) is 43.5 Å². The molecule has 2 aliphatic rings. The van der Waals surface area contributed by atoms with Crippen LogP contribution in [0.4, 0.5) is 0 Å². The molecule has 2 heterocycles. The van der Waals surface area contributed by atoms with E-state index in [0.717, 1.165) is 33.1 Å². The lowest BCUT2D eigenvalue weighted by molar-refractivity contribution is 0.881. The van der Waals surface area contributed by atoms with Crippen LogP contribution in [-0.2, 0) is 0 Å². The van der Waals surface area contributed by atoms with E-state index in [0.29, 0.717) is 11.2 Å². The number of allylic oxidation sites excluding steroid dienone is 3. The van der Waals surface area contributed by atoms with Gasteiger partial charge in [-0.1, -0.05) is 127 Å².